The minimum absolute atomic E-state index is 0.616. The van der Waals surface area contributed by atoms with Crippen LogP contribution < -0.4 is 10.6 Å². The van der Waals surface area contributed by atoms with E-state index < -0.39 is 0 Å². The van der Waals surface area contributed by atoms with Crippen LogP contribution in [0.1, 0.15) is 4.88 Å². The Balaban J connectivity index is 2.19. The Labute approximate surface area is 91.5 Å². The Bertz CT molecular complexity index is 361. The fourth-order valence-corrected chi connectivity index (χ4v) is 3.25. The first-order valence-corrected chi connectivity index (χ1v) is 6.40. The molecule has 14 heavy (non-hydrogen) atoms. The van der Waals surface area contributed by atoms with E-state index in [2.05, 4.69) is 11.0 Å². The van der Waals surface area contributed by atoms with Gasteiger partial charge in [-0.2, -0.15) is 17.0 Å². The van der Waals surface area contributed by atoms with Gasteiger partial charge in [0.05, 0.1) is 10.7 Å². The van der Waals surface area contributed by atoms with E-state index in [1.165, 1.54) is 22.8 Å². The number of anilines is 2. The Morgan fingerprint density at radius 2 is 2.14 bits per heavy atom. The second kappa shape index (κ2) is 4.11. The third-order valence-corrected chi connectivity index (χ3v) is 4.23. The zero-order valence-corrected chi connectivity index (χ0v) is 9.33. The van der Waals surface area contributed by atoms with Crippen LogP contribution in [-0.2, 0) is 0 Å². The van der Waals surface area contributed by atoms with Crippen molar-refractivity contribution in [2.24, 2.45) is 0 Å². The molecule has 0 amide bonds. The summed E-state index contributed by atoms with van der Waals surface area (Å²) in [4.78, 5) is 2.94. The molecule has 0 saturated carbocycles. The van der Waals surface area contributed by atoms with Crippen molar-refractivity contribution >= 4 is 33.8 Å². The molecule has 0 aromatic carbocycles. The maximum Gasteiger partial charge on any atom is 0.129 e. The number of hydrogen-bond donors (Lipinski definition) is 1. The monoisotopic (exact) mass is 225 g/mol. The second-order valence-electron chi connectivity index (χ2n) is 3.08. The SMILES string of the molecule is N#Cc1sc(N2CCSCC2)cc1N. The van der Waals surface area contributed by atoms with E-state index in [-0.39, 0.29) is 0 Å². The number of nitrogens with two attached hydrogens (primary N) is 1. The first-order chi connectivity index (χ1) is 6.81. The van der Waals surface area contributed by atoms with E-state index in [0.717, 1.165) is 18.1 Å². The Morgan fingerprint density at radius 3 is 2.71 bits per heavy atom. The normalized spacial score (nSPS) is 16.6. The van der Waals surface area contributed by atoms with Crippen molar-refractivity contribution < 1.29 is 0 Å². The van der Waals surface area contributed by atoms with Crippen LogP contribution in [0.15, 0.2) is 6.07 Å². The number of thioether (sulfide) groups is 1. The van der Waals surface area contributed by atoms with Gasteiger partial charge in [-0.25, -0.2) is 0 Å². The molecule has 1 aromatic heterocycles. The first kappa shape index (κ1) is 9.69. The lowest BCUT2D eigenvalue weighted by Gasteiger charge is -2.26. The lowest BCUT2D eigenvalue weighted by Crippen LogP contribution is -2.31. The first-order valence-electron chi connectivity index (χ1n) is 4.43. The molecule has 0 atom stereocenters. The molecule has 0 radical (unpaired) electrons. The molecule has 1 aliphatic heterocycles. The van der Waals surface area contributed by atoms with Gasteiger partial charge in [0.2, 0.25) is 0 Å². The van der Waals surface area contributed by atoms with Gasteiger partial charge in [-0.05, 0) is 6.07 Å². The number of nitrogens with zero attached hydrogens (tertiary/aromatic N) is 2. The van der Waals surface area contributed by atoms with E-state index in [1.54, 1.807) is 0 Å². The van der Waals surface area contributed by atoms with Gasteiger partial charge in [0.15, 0.2) is 0 Å². The van der Waals surface area contributed by atoms with Crippen LogP contribution in [0, 0.1) is 11.3 Å². The fraction of sp³-hybridized carbons (Fsp3) is 0.444. The maximum absolute atomic E-state index is 8.79. The zero-order valence-electron chi connectivity index (χ0n) is 7.69. The van der Waals surface area contributed by atoms with Gasteiger partial charge < -0.3 is 10.6 Å². The molecule has 2 heterocycles. The minimum atomic E-state index is 0.616. The van der Waals surface area contributed by atoms with Crippen LogP contribution in [-0.4, -0.2) is 24.6 Å². The molecule has 3 nitrogen and oxygen atoms in total. The molecule has 74 valence electrons. The van der Waals surface area contributed by atoms with Gasteiger partial charge in [-0.3, -0.25) is 0 Å². The lowest BCUT2D eigenvalue weighted by molar-refractivity contribution is 0.869. The van der Waals surface area contributed by atoms with E-state index in [0.29, 0.717) is 10.6 Å². The molecule has 1 aromatic rings. The zero-order chi connectivity index (χ0) is 9.97. The molecule has 1 fully saturated rings. The van der Waals surface area contributed by atoms with Crippen molar-refractivity contribution in [3.05, 3.63) is 10.9 Å². The molecule has 2 N–H and O–H groups in total. The third kappa shape index (κ3) is 1.81. The van der Waals surface area contributed by atoms with Gasteiger partial charge in [0.1, 0.15) is 10.9 Å². The summed E-state index contributed by atoms with van der Waals surface area (Å²) in [5.74, 6) is 2.33. The van der Waals surface area contributed by atoms with Gasteiger partial charge in [-0.15, -0.1) is 11.3 Å². The van der Waals surface area contributed by atoms with Crippen LogP contribution in [0.5, 0.6) is 0 Å². The Morgan fingerprint density at radius 1 is 1.43 bits per heavy atom. The molecule has 0 unspecified atom stereocenters. The predicted octanol–water partition coefficient (Wildman–Crippen LogP) is 1.76. The molecule has 0 spiro atoms. The summed E-state index contributed by atoms with van der Waals surface area (Å²) >= 11 is 3.47. The highest BCUT2D eigenvalue weighted by Crippen LogP contribution is 2.32. The quantitative estimate of drug-likeness (QED) is 0.791. The van der Waals surface area contributed by atoms with Crippen LogP contribution in [0.2, 0.25) is 0 Å². The largest absolute Gasteiger partial charge is 0.397 e. The van der Waals surface area contributed by atoms with Crippen LogP contribution in [0.3, 0.4) is 0 Å². The van der Waals surface area contributed by atoms with E-state index >= 15 is 0 Å². The topological polar surface area (TPSA) is 53.0 Å². The van der Waals surface area contributed by atoms with Gasteiger partial charge in [-0.1, -0.05) is 0 Å². The summed E-state index contributed by atoms with van der Waals surface area (Å²) in [6.45, 7) is 2.13. The van der Waals surface area contributed by atoms with Gasteiger partial charge in [0, 0.05) is 24.6 Å². The average molecular weight is 225 g/mol. The standard InChI is InChI=1S/C9H11N3S2/c10-6-8-7(11)5-9(14-8)12-1-3-13-4-2-12/h5H,1-4,11H2. The van der Waals surface area contributed by atoms with E-state index in [1.807, 2.05) is 17.8 Å². The summed E-state index contributed by atoms with van der Waals surface area (Å²) in [7, 11) is 0. The maximum atomic E-state index is 8.79. The second-order valence-corrected chi connectivity index (χ2v) is 5.34. The lowest BCUT2D eigenvalue weighted by atomic mass is 10.4. The smallest absolute Gasteiger partial charge is 0.129 e. The Hall–Kier alpha value is -0.860. The highest BCUT2D eigenvalue weighted by molar-refractivity contribution is 7.99. The number of thiophene rings is 1. The molecule has 1 saturated heterocycles. The molecule has 1 aliphatic rings. The fourth-order valence-electron chi connectivity index (χ4n) is 1.42. The Kier molecular flexibility index (Phi) is 2.85. The van der Waals surface area contributed by atoms with Crippen molar-refractivity contribution in [2.75, 3.05) is 35.2 Å². The van der Waals surface area contributed by atoms with Crippen molar-refractivity contribution in [3.63, 3.8) is 0 Å². The van der Waals surface area contributed by atoms with Crippen LogP contribution >= 0.6 is 23.1 Å². The third-order valence-electron chi connectivity index (χ3n) is 2.17. The molecular weight excluding hydrogens is 214 g/mol. The van der Waals surface area contributed by atoms with E-state index in [4.69, 9.17) is 11.0 Å². The summed E-state index contributed by atoms with van der Waals surface area (Å²) in [5.41, 5.74) is 6.33. The minimum Gasteiger partial charge on any atom is -0.397 e. The number of hydrogen-bond acceptors (Lipinski definition) is 5. The van der Waals surface area contributed by atoms with Crippen molar-refractivity contribution in [1.82, 2.24) is 0 Å². The summed E-state index contributed by atoms with van der Waals surface area (Å²) in [5, 5.41) is 9.93. The van der Waals surface area contributed by atoms with Crippen molar-refractivity contribution in [1.29, 1.82) is 5.26 Å². The van der Waals surface area contributed by atoms with Crippen molar-refractivity contribution in [3.8, 4) is 6.07 Å². The summed E-state index contributed by atoms with van der Waals surface area (Å²) in [6.07, 6.45) is 0. The van der Waals surface area contributed by atoms with Crippen molar-refractivity contribution in [2.45, 2.75) is 0 Å². The number of nitrogen functional groups attached to an aromatic ring is 1. The van der Waals surface area contributed by atoms with Gasteiger partial charge in [0.25, 0.3) is 0 Å². The predicted molar refractivity (Wildman–Crippen MR) is 63.0 cm³/mol. The van der Waals surface area contributed by atoms with Crippen LogP contribution in [0.25, 0.3) is 0 Å². The molecular formula is C9H11N3S2. The molecule has 0 aliphatic carbocycles. The van der Waals surface area contributed by atoms with Crippen LogP contribution in [0.4, 0.5) is 10.7 Å². The highest BCUT2D eigenvalue weighted by atomic mass is 32.2. The molecule has 5 heteroatoms. The average Bonchev–Trinajstić information content (AvgIpc) is 2.61. The highest BCUT2D eigenvalue weighted by Gasteiger charge is 2.15. The summed E-state index contributed by atoms with van der Waals surface area (Å²) < 4.78 is 0. The van der Waals surface area contributed by atoms with Gasteiger partial charge >= 0.3 is 0 Å². The summed E-state index contributed by atoms with van der Waals surface area (Å²) in [6, 6.07) is 4.03. The van der Waals surface area contributed by atoms with E-state index in [9.17, 15) is 0 Å². The number of nitriles is 1. The molecule has 0 bridgehead atoms. The molecule has 2 rings (SSSR count). The number of rotatable bonds is 1.